The first kappa shape index (κ1) is 14.0. The van der Waals surface area contributed by atoms with E-state index in [1.165, 1.54) is 12.8 Å². The van der Waals surface area contributed by atoms with Crippen LogP contribution in [-0.2, 0) is 9.59 Å². The molecule has 0 spiro atoms. The molecule has 2 atom stereocenters. The van der Waals surface area contributed by atoms with Crippen LogP contribution in [0, 0.1) is 0 Å². The maximum atomic E-state index is 11.6. The summed E-state index contributed by atoms with van der Waals surface area (Å²) < 4.78 is 0. The highest BCUT2D eigenvalue weighted by Crippen LogP contribution is 2.11. The van der Waals surface area contributed by atoms with Gasteiger partial charge in [0.2, 0.25) is 11.8 Å². The van der Waals surface area contributed by atoms with E-state index in [-0.39, 0.29) is 11.8 Å². The molecule has 1 aliphatic heterocycles. The van der Waals surface area contributed by atoms with Gasteiger partial charge in [-0.15, -0.1) is 0 Å². The quantitative estimate of drug-likeness (QED) is 0.642. The van der Waals surface area contributed by atoms with Gasteiger partial charge in [0.15, 0.2) is 0 Å². The topological polar surface area (TPSA) is 70.2 Å². The van der Waals surface area contributed by atoms with Gasteiger partial charge in [-0.05, 0) is 32.7 Å². The first-order valence-corrected chi connectivity index (χ1v) is 6.38. The predicted molar refractivity (Wildman–Crippen MR) is 66.5 cm³/mol. The first-order chi connectivity index (χ1) is 8.13. The van der Waals surface area contributed by atoms with E-state index in [1.54, 1.807) is 14.0 Å². The molecular formula is C12H23N3O2. The van der Waals surface area contributed by atoms with Crippen LogP contribution in [0.4, 0.5) is 0 Å². The average molecular weight is 241 g/mol. The Kier molecular flexibility index (Phi) is 5.97. The average Bonchev–Trinajstić information content (AvgIpc) is 2.36. The van der Waals surface area contributed by atoms with Crippen molar-refractivity contribution in [3.8, 4) is 0 Å². The van der Waals surface area contributed by atoms with Crippen LogP contribution in [0.5, 0.6) is 0 Å². The van der Waals surface area contributed by atoms with E-state index < -0.39 is 6.04 Å². The predicted octanol–water partition coefficient (Wildman–Crippen LogP) is 0.159. The van der Waals surface area contributed by atoms with Crippen molar-refractivity contribution >= 4 is 11.8 Å². The number of amides is 2. The normalized spacial score (nSPS) is 21.6. The van der Waals surface area contributed by atoms with E-state index in [4.69, 9.17) is 0 Å². The third-order valence-corrected chi connectivity index (χ3v) is 3.15. The van der Waals surface area contributed by atoms with E-state index in [2.05, 4.69) is 16.0 Å². The number of likely N-dealkylation sites (N-methyl/N-ethyl adjacent to an activating group) is 1. The van der Waals surface area contributed by atoms with E-state index in [1.807, 2.05) is 0 Å². The third-order valence-electron chi connectivity index (χ3n) is 3.15. The van der Waals surface area contributed by atoms with Crippen LogP contribution >= 0.6 is 0 Å². The number of piperidine rings is 1. The molecule has 0 aromatic heterocycles. The minimum Gasteiger partial charge on any atom is -0.357 e. The maximum absolute atomic E-state index is 11.6. The Bertz CT molecular complexity index is 262. The molecule has 17 heavy (non-hydrogen) atoms. The van der Waals surface area contributed by atoms with Crippen LogP contribution in [0.2, 0.25) is 0 Å². The number of hydrogen-bond donors (Lipinski definition) is 3. The monoisotopic (exact) mass is 241 g/mol. The fourth-order valence-electron chi connectivity index (χ4n) is 2.07. The molecule has 1 aliphatic rings. The molecule has 0 bridgehead atoms. The zero-order valence-corrected chi connectivity index (χ0v) is 10.7. The summed E-state index contributed by atoms with van der Waals surface area (Å²) in [7, 11) is 1.57. The van der Waals surface area contributed by atoms with Gasteiger partial charge in [0.1, 0.15) is 6.04 Å². The lowest BCUT2D eigenvalue weighted by Crippen LogP contribution is -2.44. The summed E-state index contributed by atoms with van der Waals surface area (Å²) in [6.45, 7) is 2.75. The summed E-state index contributed by atoms with van der Waals surface area (Å²) in [5.74, 6) is -0.206. The number of carbonyl (C=O) groups excluding carboxylic acids is 2. The first-order valence-electron chi connectivity index (χ1n) is 6.38. The van der Waals surface area contributed by atoms with Gasteiger partial charge in [-0.25, -0.2) is 0 Å². The van der Waals surface area contributed by atoms with Crippen LogP contribution in [-0.4, -0.2) is 37.5 Å². The molecule has 5 heteroatoms. The molecule has 98 valence electrons. The molecule has 0 saturated carbocycles. The second kappa shape index (κ2) is 7.27. The number of hydrogen-bond acceptors (Lipinski definition) is 3. The summed E-state index contributed by atoms with van der Waals surface area (Å²) in [4.78, 5) is 22.8. The largest absolute Gasteiger partial charge is 0.357 e. The van der Waals surface area contributed by atoms with Crippen LogP contribution in [0.1, 0.15) is 39.0 Å². The van der Waals surface area contributed by atoms with E-state index >= 15 is 0 Å². The Hall–Kier alpha value is -1.10. The Balaban J connectivity index is 2.18. The van der Waals surface area contributed by atoms with Gasteiger partial charge in [0, 0.05) is 19.5 Å². The molecule has 1 rings (SSSR count). The number of nitrogens with one attached hydrogen (secondary N) is 3. The molecule has 5 nitrogen and oxygen atoms in total. The molecule has 1 fully saturated rings. The molecule has 2 unspecified atom stereocenters. The maximum Gasteiger partial charge on any atom is 0.242 e. The van der Waals surface area contributed by atoms with Gasteiger partial charge in [0.05, 0.1) is 0 Å². The lowest BCUT2D eigenvalue weighted by atomic mass is 10.0. The van der Waals surface area contributed by atoms with E-state index in [0.717, 1.165) is 19.4 Å². The van der Waals surface area contributed by atoms with E-state index in [0.29, 0.717) is 12.5 Å². The number of carbonyl (C=O) groups is 2. The van der Waals surface area contributed by atoms with Crippen molar-refractivity contribution in [3.05, 3.63) is 0 Å². The van der Waals surface area contributed by atoms with Crippen LogP contribution in [0.25, 0.3) is 0 Å². The summed E-state index contributed by atoms with van der Waals surface area (Å²) in [5.41, 5.74) is 0. The minimum absolute atomic E-state index is 0.0477. The smallest absolute Gasteiger partial charge is 0.242 e. The fraction of sp³-hybridized carbons (Fsp3) is 0.833. The minimum atomic E-state index is -0.452. The zero-order chi connectivity index (χ0) is 12.7. The Morgan fingerprint density at radius 2 is 2.18 bits per heavy atom. The fourth-order valence-corrected chi connectivity index (χ4v) is 2.07. The van der Waals surface area contributed by atoms with Crippen molar-refractivity contribution < 1.29 is 9.59 Å². The summed E-state index contributed by atoms with van der Waals surface area (Å²) in [6, 6.07) is 0.0108. The van der Waals surface area contributed by atoms with Crippen molar-refractivity contribution in [2.45, 2.75) is 51.1 Å². The van der Waals surface area contributed by atoms with Gasteiger partial charge in [-0.1, -0.05) is 6.42 Å². The van der Waals surface area contributed by atoms with E-state index in [9.17, 15) is 9.59 Å². The van der Waals surface area contributed by atoms with Crippen LogP contribution < -0.4 is 16.0 Å². The summed E-state index contributed by atoms with van der Waals surface area (Å²) in [6.07, 6.45) is 4.97. The number of rotatable bonds is 5. The van der Waals surface area contributed by atoms with Crippen molar-refractivity contribution in [2.75, 3.05) is 13.6 Å². The van der Waals surface area contributed by atoms with Crippen molar-refractivity contribution in [3.63, 3.8) is 0 Å². The van der Waals surface area contributed by atoms with Crippen LogP contribution in [0.15, 0.2) is 0 Å². The Morgan fingerprint density at radius 3 is 2.76 bits per heavy atom. The Morgan fingerprint density at radius 1 is 1.41 bits per heavy atom. The van der Waals surface area contributed by atoms with Gasteiger partial charge < -0.3 is 16.0 Å². The molecule has 1 heterocycles. The molecule has 0 aromatic carbocycles. The van der Waals surface area contributed by atoms with Crippen LogP contribution in [0.3, 0.4) is 0 Å². The second-order valence-corrected chi connectivity index (χ2v) is 4.59. The summed E-state index contributed by atoms with van der Waals surface area (Å²) >= 11 is 0. The zero-order valence-electron chi connectivity index (χ0n) is 10.7. The highest BCUT2D eigenvalue weighted by molar-refractivity contribution is 5.87. The molecular weight excluding hydrogens is 218 g/mol. The molecule has 0 aliphatic carbocycles. The molecule has 2 amide bonds. The van der Waals surface area contributed by atoms with Gasteiger partial charge in [-0.2, -0.15) is 0 Å². The van der Waals surface area contributed by atoms with Crippen molar-refractivity contribution in [1.29, 1.82) is 0 Å². The summed E-state index contributed by atoms with van der Waals surface area (Å²) in [5, 5.41) is 8.60. The Labute approximate surface area is 103 Å². The second-order valence-electron chi connectivity index (χ2n) is 4.59. The van der Waals surface area contributed by atoms with Gasteiger partial charge >= 0.3 is 0 Å². The lowest BCUT2D eigenvalue weighted by Gasteiger charge is -2.23. The van der Waals surface area contributed by atoms with Gasteiger partial charge in [0.25, 0.3) is 0 Å². The molecule has 1 saturated heterocycles. The lowest BCUT2D eigenvalue weighted by molar-refractivity contribution is -0.128. The standard InChI is InChI=1S/C12H23N3O2/c1-9(12(17)13-2)15-11(16)7-6-10-5-3-4-8-14-10/h9-10,14H,3-8H2,1-2H3,(H,13,17)(H,15,16). The third kappa shape index (κ3) is 5.17. The van der Waals surface area contributed by atoms with Gasteiger partial charge in [-0.3, -0.25) is 9.59 Å². The van der Waals surface area contributed by atoms with Crippen molar-refractivity contribution in [2.24, 2.45) is 0 Å². The molecule has 0 aromatic rings. The molecule has 3 N–H and O–H groups in total. The molecule has 0 radical (unpaired) electrons. The highest BCUT2D eigenvalue weighted by Gasteiger charge is 2.16. The van der Waals surface area contributed by atoms with Crippen molar-refractivity contribution in [1.82, 2.24) is 16.0 Å². The highest BCUT2D eigenvalue weighted by atomic mass is 16.2. The SMILES string of the molecule is CNC(=O)C(C)NC(=O)CCC1CCCCN1.